The van der Waals surface area contributed by atoms with Gasteiger partial charge in [0.15, 0.2) is 12.2 Å². The predicted octanol–water partition coefficient (Wildman–Crippen LogP) is 3.85. The van der Waals surface area contributed by atoms with E-state index in [1.807, 2.05) is 21.5 Å². The molecule has 0 radical (unpaired) electrons. The zero-order valence-electron chi connectivity index (χ0n) is 19.1. The predicted molar refractivity (Wildman–Crippen MR) is 120 cm³/mol. The van der Waals surface area contributed by atoms with E-state index in [4.69, 9.17) is 9.47 Å². The van der Waals surface area contributed by atoms with Gasteiger partial charge in [-0.05, 0) is 12.8 Å². The molecule has 4 heterocycles. The van der Waals surface area contributed by atoms with Crippen LogP contribution in [0.1, 0.15) is 81.6 Å². The smallest absolute Gasteiger partial charge is 0.407 e. The van der Waals surface area contributed by atoms with Crippen molar-refractivity contribution in [2.24, 2.45) is 0 Å². The van der Waals surface area contributed by atoms with Crippen LogP contribution < -0.4 is 10.6 Å². The summed E-state index contributed by atoms with van der Waals surface area (Å²) in [5, 5.41) is 5.67. The molecule has 10 heteroatoms. The molecule has 0 aromatic carbocycles. The van der Waals surface area contributed by atoms with Crippen molar-refractivity contribution in [3.05, 3.63) is 36.4 Å². The van der Waals surface area contributed by atoms with Gasteiger partial charge in [-0.3, -0.25) is 0 Å². The van der Waals surface area contributed by atoms with Crippen LogP contribution >= 0.6 is 0 Å². The van der Waals surface area contributed by atoms with E-state index in [2.05, 4.69) is 20.6 Å². The monoisotopic (exact) mass is 458 g/mol. The van der Waals surface area contributed by atoms with Gasteiger partial charge in [-0.1, -0.05) is 32.1 Å². The highest BCUT2D eigenvalue weighted by atomic mass is 16.6. The molecule has 2 N–H and O–H groups in total. The first-order valence-corrected chi connectivity index (χ1v) is 12.1. The summed E-state index contributed by atoms with van der Waals surface area (Å²) in [6.07, 6.45) is 15.2. The molecule has 4 rings (SSSR count). The van der Waals surface area contributed by atoms with Gasteiger partial charge in [-0.2, -0.15) is 0 Å². The van der Waals surface area contributed by atoms with Crippen molar-refractivity contribution in [2.75, 3.05) is 13.1 Å². The van der Waals surface area contributed by atoms with E-state index in [0.717, 1.165) is 82.5 Å². The summed E-state index contributed by atoms with van der Waals surface area (Å²) in [5.41, 5.74) is 0. The Labute approximate surface area is 194 Å². The molecular weight excluding hydrogens is 424 g/mol. The van der Waals surface area contributed by atoms with E-state index < -0.39 is 0 Å². The van der Waals surface area contributed by atoms with E-state index in [9.17, 15) is 9.59 Å². The van der Waals surface area contributed by atoms with Gasteiger partial charge in [0.25, 0.3) is 0 Å². The Kier molecular flexibility index (Phi) is 8.21. The van der Waals surface area contributed by atoms with Crippen molar-refractivity contribution in [1.82, 2.24) is 29.7 Å². The molecule has 0 saturated carbocycles. The van der Waals surface area contributed by atoms with Crippen molar-refractivity contribution in [2.45, 2.75) is 83.1 Å². The van der Waals surface area contributed by atoms with Crippen molar-refractivity contribution in [3.63, 3.8) is 0 Å². The van der Waals surface area contributed by atoms with Gasteiger partial charge in [0.05, 0.1) is 0 Å². The SMILES string of the molecule is O=C(NCCCCCCCCCNC(=O)OC1CCn2ccnc21)OC1CCn2ccnc21. The van der Waals surface area contributed by atoms with E-state index in [0.29, 0.717) is 13.1 Å². The van der Waals surface area contributed by atoms with E-state index >= 15 is 0 Å². The van der Waals surface area contributed by atoms with Crippen LogP contribution in [0.25, 0.3) is 0 Å². The largest absolute Gasteiger partial charge is 0.438 e. The minimum Gasteiger partial charge on any atom is -0.438 e. The number of hydrogen-bond donors (Lipinski definition) is 2. The minimum atomic E-state index is -0.361. The molecule has 180 valence electrons. The molecule has 2 unspecified atom stereocenters. The molecule has 2 aromatic heterocycles. The quantitative estimate of drug-likeness (QED) is 0.467. The maximum atomic E-state index is 11.9. The normalized spacial score (nSPS) is 18.5. The number of ether oxygens (including phenoxy) is 2. The second-order valence-electron chi connectivity index (χ2n) is 8.65. The van der Waals surface area contributed by atoms with Crippen LogP contribution in [0, 0.1) is 0 Å². The molecular formula is C23H34N6O4. The number of rotatable bonds is 12. The summed E-state index contributed by atoms with van der Waals surface area (Å²) >= 11 is 0. The fourth-order valence-corrected chi connectivity index (χ4v) is 4.45. The molecule has 33 heavy (non-hydrogen) atoms. The molecule has 0 aliphatic carbocycles. The first-order chi connectivity index (χ1) is 16.2. The molecule has 2 amide bonds. The second-order valence-corrected chi connectivity index (χ2v) is 8.65. The number of aromatic nitrogens is 4. The Morgan fingerprint density at radius 1 is 0.758 bits per heavy atom. The zero-order chi connectivity index (χ0) is 22.9. The van der Waals surface area contributed by atoms with Gasteiger partial charge >= 0.3 is 12.2 Å². The van der Waals surface area contributed by atoms with Gasteiger partial charge in [0.1, 0.15) is 11.6 Å². The summed E-state index contributed by atoms with van der Waals surface area (Å²) in [7, 11) is 0. The van der Waals surface area contributed by atoms with E-state index in [-0.39, 0.29) is 24.4 Å². The molecule has 2 aromatic rings. The van der Waals surface area contributed by atoms with Crippen molar-refractivity contribution < 1.29 is 19.1 Å². The maximum Gasteiger partial charge on any atom is 0.407 e. The standard InChI is InChI=1S/C23H34N6O4/c30-22(32-18-8-14-28-16-12-24-20(18)28)26-10-6-4-2-1-3-5-7-11-27-23(31)33-19-9-15-29-17-13-25-21(19)29/h12-13,16-19H,1-11,14-15H2,(H,26,30)(H,27,31). The first-order valence-electron chi connectivity index (χ1n) is 12.1. The molecule has 10 nitrogen and oxygen atoms in total. The maximum absolute atomic E-state index is 11.9. The molecule has 0 fully saturated rings. The summed E-state index contributed by atoms with van der Waals surface area (Å²) < 4.78 is 15.0. The average molecular weight is 459 g/mol. The fourth-order valence-electron chi connectivity index (χ4n) is 4.45. The number of carbonyl (C=O) groups excluding carboxylic acids is 2. The first kappa shape index (κ1) is 23.1. The van der Waals surface area contributed by atoms with Crippen LogP contribution in [0.2, 0.25) is 0 Å². The number of imidazole rings is 2. The third-order valence-corrected chi connectivity index (χ3v) is 6.23. The van der Waals surface area contributed by atoms with Crippen molar-refractivity contribution in [3.8, 4) is 0 Å². The van der Waals surface area contributed by atoms with Gasteiger partial charge in [0, 0.05) is 63.8 Å². The lowest BCUT2D eigenvalue weighted by Crippen LogP contribution is -2.26. The Morgan fingerprint density at radius 3 is 1.64 bits per heavy atom. The Morgan fingerprint density at radius 2 is 1.18 bits per heavy atom. The van der Waals surface area contributed by atoms with Gasteiger partial charge < -0.3 is 29.2 Å². The Bertz CT molecular complexity index is 838. The minimum absolute atomic E-state index is 0.233. The fraction of sp³-hybridized carbons (Fsp3) is 0.652. The molecule has 2 aliphatic rings. The van der Waals surface area contributed by atoms with Crippen LogP contribution in [0.4, 0.5) is 9.59 Å². The number of alkyl carbamates (subject to hydrolysis) is 2. The number of aryl methyl sites for hydroxylation is 2. The van der Waals surface area contributed by atoms with Crippen LogP contribution in [0.15, 0.2) is 24.8 Å². The number of unbranched alkanes of at least 4 members (excludes halogenated alkanes) is 6. The molecule has 0 spiro atoms. The highest BCUT2D eigenvalue weighted by molar-refractivity contribution is 5.67. The highest BCUT2D eigenvalue weighted by Crippen LogP contribution is 2.28. The lowest BCUT2D eigenvalue weighted by Gasteiger charge is -2.12. The average Bonchev–Trinajstić information content (AvgIpc) is 3.57. The van der Waals surface area contributed by atoms with Gasteiger partial charge in [-0.15, -0.1) is 0 Å². The van der Waals surface area contributed by atoms with Crippen molar-refractivity contribution in [1.29, 1.82) is 0 Å². The Balaban J connectivity index is 0.931. The number of nitrogens with zero attached hydrogens (tertiary/aromatic N) is 4. The number of hydrogen-bond acceptors (Lipinski definition) is 6. The molecule has 0 saturated heterocycles. The van der Waals surface area contributed by atoms with Crippen LogP contribution in [-0.4, -0.2) is 44.4 Å². The van der Waals surface area contributed by atoms with Crippen LogP contribution in [0.3, 0.4) is 0 Å². The summed E-state index contributed by atoms with van der Waals surface area (Å²) in [4.78, 5) is 32.4. The molecule has 2 atom stereocenters. The topological polar surface area (TPSA) is 112 Å². The van der Waals surface area contributed by atoms with Crippen LogP contribution in [-0.2, 0) is 22.6 Å². The highest BCUT2D eigenvalue weighted by Gasteiger charge is 2.27. The number of carbonyl (C=O) groups is 2. The Hall–Kier alpha value is -3.04. The summed E-state index contributed by atoms with van der Waals surface area (Å²) in [5.74, 6) is 1.66. The molecule has 0 bridgehead atoms. The number of nitrogens with one attached hydrogen (secondary N) is 2. The lowest BCUT2D eigenvalue weighted by molar-refractivity contribution is 0.0954. The second kappa shape index (κ2) is 11.7. The van der Waals surface area contributed by atoms with Gasteiger partial charge in [0.2, 0.25) is 0 Å². The third-order valence-electron chi connectivity index (χ3n) is 6.23. The summed E-state index contributed by atoms with van der Waals surface area (Å²) in [6.45, 7) is 2.96. The number of amides is 2. The van der Waals surface area contributed by atoms with E-state index in [1.54, 1.807) is 12.4 Å². The number of fused-ring (bicyclic) bond motifs is 2. The summed E-state index contributed by atoms with van der Waals surface area (Å²) in [6, 6.07) is 0. The van der Waals surface area contributed by atoms with Crippen LogP contribution in [0.5, 0.6) is 0 Å². The lowest BCUT2D eigenvalue weighted by atomic mass is 10.1. The third kappa shape index (κ3) is 6.49. The van der Waals surface area contributed by atoms with E-state index in [1.165, 1.54) is 0 Å². The van der Waals surface area contributed by atoms with Crippen molar-refractivity contribution >= 4 is 12.2 Å². The molecule has 2 aliphatic heterocycles. The van der Waals surface area contributed by atoms with Gasteiger partial charge in [-0.25, -0.2) is 19.6 Å². The zero-order valence-corrected chi connectivity index (χ0v) is 19.1.